The summed E-state index contributed by atoms with van der Waals surface area (Å²) in [6.45, 7) is 0.530. The number of sulfonamides is 1. The van der Waals surface area contributed by atoms with Crippen LogP contribution in [0.4, 0.5) is 11.4 Å². The van der Waals surface area contributed by atoms with Gasteiger partial charge in [-0.1, -0.05) is 0 Å². The topological polar surface area (TPSA) is 116 Å². The number of non-ortho nitro benzene ring substituents is 1. The zero-order valence-electron chi connectivity index (χ0n) is 11.1. The van der Waals surface area contributed by atoms with Gasteiger partial charge in [0.05, 0.1) is 22.8 Å². The number of rotatable bonds is 3. The lowest BCUT2D eigenvalue weighted by molar-refractivity contribution is -0.385. The molecule has 2 heterocycles. The van der Waals surface area contributed by atoms with Gasteiger partial charge in [0.25, 0.3) is 5.69 Å². The summed E-state index contributed by atoms with van der Waals surface area (Å²) in [4.78, 5) is 9.97. The Morgan fingerprint density at radius 3 is 2.48 bits per heavy atom. The van der Waals surface area contributed by atoms with Gasteiger partial charge in [-0.25, -0.2) is 8.42 Å². The van der Waals surface area contributed by atoms with Crippen molar-refractivity contribution >= 4 is 21.4 Å². The molecule has 0 amide bonds. The smallest absolute Gasteiger partial charge is 0.270 e. The molecule has 21 heavy (non-hydrogen) atoms. The number of morpholine rings is 1. The van der Waals surface area contributed by atoms with Crippen LogP contribution in [0.3, 0.4) is 0 Å². The third-order valence-corrected chi connectivity index (χ3v) is 5.72. The van der Waals surface area contributed by atoms with Gasteiger partial charge in [-0.2, -0.15) is 4.31 Å². The van der Waals surface area contributed by atoms with Crippen LogP contribution in [0.1, 0.15) is 12.8 Å². The van der Waals surface area contributed by atoms with E-state index in [1.807, 2.05) is 0 Å². The van der Waals surface area contributed by atoms with Gasteiger partial charge in [-0.15, -0.1) is 0 Å². The van der Waals surface area contributed by atoms with Crippen molar-refractivity contribution in [3.63, 3.8) is 0 Å². The Kier molecular flexibility index (Phi) is 3.34. The van der Waals surface area contributed by atoms with Crippen molar-refractivity contribution in [3.8, 4) is 0 Å². The number of nitrogens with zero attached hydrogens (tertiary/aromatic N) is 2. The van der Waals surface area contributed by atoms with E-state index in [-0.39, 0.29) is 41.6 Å². The van der Waals surface area contributed by atoms with Crippen molar-refractivity contribution in [3.05, 3.63) is 28.3 Å². The van der Waals surface area contributed by atoms with Crippen molar-refractivity contribution in [1.82, 2.24) is 4.31 Å². The second kappa shape index (κ2) is 4.93. The minimum atomic E-state index is -3.85. The van der Waals surface area contributed by atoms with Gasteiger partial charge in [0, 0.05) is 25.2 Å². The highest BCUT2D eigenvalue weighted by Gasteiger charge is 2.40. The number of hydrogen-bond donors (Lipinski definition) is 1. The molecule has 2 bridgehead atoms. The Balaban J connectivity index is 1.98. The van der Waals surface area contributed by atoms with Crippen molar-refractivity contribution in [2.45, 2.75) is 29.9 Å². The summed E-state index contributed by atoms with van der Waals surface area (Å²) in [6, 6.07) is 3.46. The molecule has 0 spiro atoms. The summed E-state index contributed by atoms with van der Waals surface area (Å²) in [5, 5.41) is 10.8. The third-order valence-electron chi connectivity index (χ3n) is 3.84. The standard InChI is InChI=1S/C12H15N3O5S/c13-11-4-1-8(15(16)17)5-12(11)21(18,19)14-6-9-2-3-10(7-14)20-9/h1,4-5,9-10H,2-3,6-7,13H2. The molecule has 3 rings (SSSR count). The first-order chi connectivity index (χ1) is 9.88. The molecule has 2 saturated heterocycles. The summed E-state index contributed by atoms with van der Waals surface area (Å²) < 4.78 is 32.3. The lowest BCUT2D eigenvalue weighted by atomic mass is 10.2. The summed E-state index contributed by atoms with van der Waals surface area (Å²) in [5.41, 5.74) is 5.43. The maximum atomic E-state index is 12.7. The van der Waals surface area contributed by atoms with E-state index in [2.05, 4.69) is 0 Å². The van der Waals surface area contributed by atoms with E-state index in [0.29, 0.717) is 0 Å². The van der Waals surface area contributed by atoms with Crippen LogP contribution in [0.15, 0.2) is 23.1 Å². The Bertz CT molecular complexity index is 678. The molecule has 1 aromatic rings. The maximum absolute atomic E-state index is 12.7. The molecule has 0 saturated carbocycles. The van der Waals surface area contributed by atoms with Crippen LogP contribution < -0.4 is 5.73 Å². The van der Waals surface area contributed by atoms with E-state index in [4.69, 9.17) is 10.5 Å². The molecule has 9 heteroatoms. The molecule has 0 radical (unpaired) electrons. The minimum Gasteiger partial charge on any atom is -0.398 e. The van der Waals surface area contributed by atoms with Crippen LogP contribution in [-0.2, 0) is 14.8 Å². The van der Waals surface area contributed by atoms with Crippen molar-refractivity contribution in [2.24, 2.45) is 0 Å². The molecule has 0 aromatic heterocycles. The highest BCUT2D eigenvalue weighted by atomic mass is 32.2. The largest absolute Gasteiger partial charge is 0.398 e. The van der Waals surface area contributed by atoms with Gasteiger partial charge in [0.2, 0.25) is 10.0 Å². The molecule has 0 aliphatic carbocycles. The Hall–Kier alpha value is -1.71. The third kappa shape index (κ3) is 2.47. The van der Waals surface area contributed by atoms with Crippen molar-refractivity contribution < 1.29 is 18.1 Å². The van der Waals surface area contributed by atoms with E-state index in [0.717, 1.165) is 18.9 Å². The van der Waals surface area contributed by atoms with E-state index in [1.165, 1.54) is 16.4 Å². The summed E-state index contributed by atoms with van der Waals surface area (Å²) >= 11 is 0. The predicted octanol–water partition coefficient (Wildman–Crippen LogP) is 0.729. The Morgan fingerprint density at radius 1 is 1.29 bits per heavy atom. The number of nitrogens with two attached hydrogens (primary N) is 1. The summed E-state index contributed by atoms with van der Waals surface area (Å²) in [7, 11) is -3.85. The summed E-state index contributed by atoms with van der Waals surface area (Å²) in [5.74, 6) is 0. The molecule has 8 nitrogen and oxygen atoms in total. The van der Waals surface area contributed by atoms with E-state index in [9.17, 15) is 18.5 Å². The van der Waals surface area contributed by atoms with Crippen LogP contribution in [0.2, 0.25) is 0 Å². The van der Waals surface area contributed by atoms with Gasteiger partial charge in [-0.3, -0.25) is 10.1 Å². The minimum absolute atomic E-state index is 0.0134. The number of ether oxygens (including phenoxy) is 1. The van der Waals surface area contributed by atoms with Gasteiger partial charge >= 0.3 is 0 Å². The molecule has 2 N–H and O–H groups in total. The van der Waals surface area contributed by atoms with Crippen molar-refractivity contribution in [1.29, 1.82) is 0 Å². The maximum Gasteiger partial charge on any atom is 0.270 e. The number of nitro groups is 1. The lowest BCUT2D eigenvalue weighted by Gasteiger charge is -2.31. The number of nitro benzene ring substituents is 1. The average Bonchev–Trinajstić information content (AvgIpc) is 2.77. The van der Waals surface area contributed by atoms with Crippen LogP contribution in [0.25, 0.3) is 0 Å². The van der Waals surface area contributed by atoms with E-state index in [1.54, 1.807) is 0 Å². The Labute approximate surface area is 121 Å². The fourth-order valence-corrected chi connectivity index (χ4v) is 4.41. The number of hydrogen-bond acceptors (Lipinski definition) is 6. The average molecular weight is 313 g/mol. The van der Waals surface area contributed by atoms with Gasteiger partial charge < -0.3 is 10.5 Å². The Morgan fingerprint density at radius 2 is 1.90 bits per heavy atom. The van der Waals surface area contributed by atoms with Crippen molar-refractivity contribution in [2.75, 3.05) is 18.8 Å². The fourth-order valence-electron chi connectivity index (χ4n) is 2.77. The molecular weight excluding hydrogens is 298 g/mol. The quantitative estimate of drug-likeness (QED) is 0.499. The number of nitrogen functional groups attached to an aromatic ring is 1. The predicted molar refractivity (Wildman–Crippen MR) is 74.2 cm³/mol. The normalized spacial score (nSPS) is 25.9. The first-order valence-electron chi connectivity index (χ1n) is 6.57. The second-order valence-electron chi connectivity index (χ2n) is 5.26. The van der Waals surface area contributed by atoms with Crippen LogP contribution in [-0.4, -0.2) is 42.9 Å². The van der Waals surface area contributed by atoms with Crippen LogP contribution >= 0.6 is 0 Å². The van der Waals surface area contributed by atoms with E-state index < -0.39 is 14.9 Å². The van der Waals surface area contributed by atoms with Gasteiger partial charge in [-0.05, 0) is 18.9 Å². The van der Waals surface area contributed by atoms with Gasteiger partial charge in [0.1, 0.15) is 4.90 Å². The molecule has 2 unspecified atom stereocenters. The highest BCUT2D eigenvalue weighted by Crippen LogP contribution is 2.32. The molecule has 2 aliphatic heterocycles. The molecule has 1 aromatic carbocycles. The number of fused-ring (bicyclic) bond motifs is 2. The van der Waals surface area contributed by atoms with Crippen LogP contribution in [0, 0.1) is 10.1 Å². The molecular formula is C12H15N3O5S. The van der Waals surface area contributed by atoms with E-state index >= 15 is 0 Å². The SMILES string of the molecule is Nc1ccc([N+](=O)[O-])cc1S(=O)(=O)N1CC2CCC(C1)O2. The lowest BCUT2D eigenvalue weighted by Crippen LogP contribution is -2.45. The molecule has 2 fully saturated rings. The zero-order valence-corrected chi connectivity index (χ0v) is 12.0. The first kappa shape index (κ1) is 14.2. The number of benzene rings is 1. The monoisotopic (exact) mass is 313 g/mol. The van der Waals surface area contributed by atoms with Crippen LogP contribution in [0.5, 0.6) is 0 Å². The van der Waals surface area contributed by atoms with Gasteiger partial charge in [0.15, 0.2) is 0 Å². The zero-order chi connectivity index (χ0) is 15.2. The first-order valence-corrected chi connectivity index (χ1v) is 8.01. The highest BCUT2D eigenvalue weighted by molar-refractivity contribution is 7.89. The molecule has 2 atom stereocenters. The summed E-state index contributed by atoms with van der Waals surface area (Å²) in [6.07, 6.45) is 1.47. The molecule has 114 valence electrons. The second-order valence-corrected chi connectivity index (χ2v) is 7.17. The molecule has 2 aliphatic rings. The fraction of sp³-hybridized carbons (Fsp3) is 0.500. The number of anilines is 1.